The van der Waals surface area contributed by atoms with Crippen LogP contribution in [0.2, 0.25) is 0 Å². The molecule has 0 saturated heterocycles. The minimum absolute atomic E-state index is 0.148. The van der Waals surface area contributed by atoms with Crippen molar-refractivity contribution in [3.8, 4) is 17.6 Å². The predicted octanol–water partition coefficient (Wildman–Crippen LogP) is 0.738. The quantitative estimate of drug-likeness (QED) is 0.808. The van der Waals surface area contributed by atoms with Crippen LogP contribution in [0.5, 0.6) is 5.75 Å². The second-order valence-corrected chi connectivity index (χ2v) is 3.66. The molecule has 0 unspecified atom stereocenters. The SMILES string of the molecule is Cn1cc(COc2cccc(C#CCO)c2)nn1. The molecule has 0 bridgehead atoms. The van der Waals surface area contributed by atoms with Gasteiger partial charge in [-0.15, -0.1) is 5.10 Å². The van der Waals surface area contributed by atoms with E-state index >= 15 is 0 Å². The summed E-state index contributed by atoms with van der Waals surface area (Å²) in [5.41, 5.74) is 1.57. The summed E-state index contributed by atoms with van der Waals surface area (Å²) in [6.07, 6.45) is 1.80. The van der Waals surface area contributed by atoms with Crippen LogP contribution in [0.3, 0.4) is 0 Å². The van der Waals surface area contributed by atoms with Gasteiger partial charge in [0.05, 0.1) is 6.20 Å². The normalized spacial score (nSPS) is 9.67. The lowest BCUT2D eigenvalue weighted by atomic mass is 10.2. The van der Waals surface area contributed by atoms with E-state index in [1.807, 2.05) is 31.3 Å². The predicted molar refractivity (Wildman–Crippen MR) is 65.7 cm³/mol. The number of ether oxygens (including phenoxy) is 1. The lowest BCUT2D eigenvalue weighted by molar-refractivity contribution is 0.301. The number of hydrogen-bond donors (Lipinski definition) is 1. The van der Waals surface area contributed by atoms with E-state index in [0.717, 1.165) is 11.3 Å². The Morgan fingerprint density at radius 1 is 1.44 bits per heavy atom. The molecule has 0 fully saturated rings. The highest BCUT2D eigenvalue weighted by atomic mass is 16.5. The minimum atomic E-state index is -0.148. The van der Waals surface area contributed by atoms with Crippen molar-refractivity contribution in [2.45, 2.75) is 6.61 Å². The first kappa shape index (κ1) is 12.1. The van der Waals surface area contributed by atoms with Crippen molar-refractivity contribution in [2.24, 2.45) is 7.05 Å². The third-order valence-corrected chi connectivity index (χ3v) is 2.18. The van der Waals surface area contributed by atoms with Gasteiger partial charge in [0.2, 0.25) is 0 Å². The first-order chi connectivity index (χ1) is 8.78. The van der Waals surface area contributed by atoms with Gasteiger partial charge in [-0.2, -0.15) is 0 Å². The molecule has 0 aliphatic heterocycles. The molecule has 18 heavy (non-hydrogen) atoms. The second kappa shape index (κ2) is 5.84. The maximum Gasteiger partial charge on any atom is 0.134 e. The number of hydrogen-bond acceptors (Lipinski definition) is 4. The Balaban J connectivity index is 2.01. The van der Waals surface area contributed by atoms with Gasteiger partial charge in [-0.05, 0) is 18.2 Å². The molecule has 0 atom stereocenters. The topological polar surface area (TPSA) is 60.2 Å². The van der Waals surface area contributed by atoms with Crippen molar-refractivity contribution in [3.63, 3.8) is 0 Å². The third-order valence-electron chi connectivity index (χ3n) is 2.18. The van der Waals surface area contributed by atoms with Gasteiger partial charge in [-0.3, -0.25) is 4.68 Å². The summed E-state index contributed by atoms with van der Waals surface area (Å²) in [5, 5.41) is 16.4. The molecule has 0 aliphatic rings. The van der Waals surface area contributed by atoms with E-state index in [1.54, 1.807) is 10.9 Å². The van der Waals surface area contributed by atoms with Crippen LogP contribution in [-0.4, -0.2) is 26.7 Å². The molecule has 0 amide bonds. The van der Waals surface area contributed by atoms with Crippen molar-refractivity contribution >= 4 is 0 Å². The van der Waals surface area contributed by atoms with Crippen LogP contribution in [0.15, 0.2) is 30.5 Å². The fourth-order valence-corrected chi connectivity index (χ4v) is 1.42. The zero-order valence-electron chi connectivity index (χ0n) is 10.00. The standard InChI is InChI=1S/C13H13N3O2/c1-16-9-12(14-15-16)10-18-13-6-2-4-11(8-13)5-3-7-17/h2,4,6,8-9,17H,7,10H2,1H3. The van der Waals surface area contributed by atoms with E-state index in [0.29, 0.717) is 12.4 Å². The third kappa shape index (κ3) is 3.34. The molecule has 1 aromatic carbocycles. The molecule has 1 heterocycles. The number of rotatable bonds is 3. The molecule has 5 nitrogen and oxygen atoms in total. The van der Waals surface area contributed by atoms with Gasteiger partial charge in [-0.1, -0.05) is 23.1 Å². The van der Waals surface area contributed by atoms with Crippen molar-refractivity contribution in [2.75, 3.05) is 6.61 Å². The minimum Gasteiger partial charge on any atom is -0.487 e. The monoisotopic (exact) mass is 243 g/mol. The van der Waals surface area contributed by atoms with Gasteiger partial charge < -0.3 is 9.84 Å². The average Bonchev–Trinajstić information content (AvgIpc) is 2.80. The maximum atomic E-state index is 8.63. The molecule has 5 heteroatoms. The van der Waals surface area contributed by atoms with Crippen LogP contribution in [0, 0.1) is 11.8 Å². The first-order valence-electron chi connectivity index (χ1n) is 5.46. The largest absolute Gasteiger partial charge is 0.487 e. The van der Waals surface area contributed by atoms with Gasteiger partial charge in [0.15, 0.2) is 0 Å². The molecule has 0 aliphatic carbocycles. The van der Waals surface area contributed by atoms with Gasteiger partial charge in [0.1, 0.15) is 24.7 Å². The molecule has 1 N–H and O–H groups in total. The van der Waals surface area contributed by atoms with E-state index in [2.05, 4.69) is 22.2 Å². The van der Waals surface area contributed by atoms with Crippen molar-refractivity contribution in [3.05, 3.63) is 41.7 Å². The summed E-state index contributed by atoms with van der Waals surface area (Å²) in [6.45, 7) is 0.218. The zero-order valence-corrected chi connectivity index (χ0v) is 10.00. The highest BCUT2D eigenvalue weighted by Gasteiger charge is 2.00. The first-order valence-corrected chi connectivity index (χ1v) is 5.46. The van der Waals surface area contributed by atoms with E-state index in [-0.39, 0.29) is 6.61 Å². The molecular weight excluding hydrogens is 230 g/mol. The number of aromatic nitrogens is 3. The lowest BCUT2D eigenvalue weighted by Crippen LogP contribution is -1.96. The lowest BCUT2D eigenvalue weighted by Gasteiger charge is -2.03. The molecule has 0 saturated carbocycles. The van der Waals surface area contributed by atoms with Crippen molar-refractivity contribution < 1.29 is 9.84 Å². The summed E-state index contributed by atoms with van der Waals surface area (Å²) in [4.78, 5) is 0. The Labute approximate surface area is 105 Å². The molecular formula is C13H13N3O2. The molecule has 2 rings (SSSR count). The van der Waals surface area contributed by atoms with E-state index in [4.69, 9.17) is 9.84 Å². The number of aliphatic hydroxyl groups is 1. The van der Waals surface area contributed by atoms with E-state index < -0.39 is 0 Å². The number of aliphatic hydroxyl groups excluding tert-OH is 1. The summed E-state index contributed by atoms with van der Waals surface area (Å²) < 4.78 is 7.21. The highest BCUT2D eigenvalue weighted by molar-refractivity contribution is 5.39. The number of nitrogens with zero attached hydrogens (tertiary/aromatic N) is 3. The van der Waals surface area contributed by atoms with Gasteiger partial charge in [0.25, 0.3) is 0 Å². The fraction of sp³-hybridized carbons (Fsp3) is 0.231. The molecule has 92 valence electrons. The average molecular weight is 243 g/mol. The Morgan fingerprint density at radius 2 is 2.33 bits per heavy atom. The molecule has 1 aromatic heterocycles. The smallest absolute Gasteiger partial charge is 0.134 e. The van der Waals surface area contributed by atoms with Crippen molar-refractivity contribution in [1.29, 1.82) is 0 Å². The zero-order chi connectivity index (χ0) is 12.8. The van der Waals surface area contributed by atoms with Gasteiger partial charge in [0, 0.05) is 12.6 Å². The molecule has 0 radical (unpaired) electrons. The summed E-state index contributed by atoms with van der Waals surface area (Å²) >= 11 is 0. The van der Waals surface area contributed by atoms with Crippen LogP contribution >= 0.6 is 0 Å². The maximum absolute atomic E-state index is 8.63. The summed E-state index contributed by atoms with van der Waals surface area (Å²) in [6, 6.07) is 7.38. The Bertz CT molecular complexity index is 581. The fourth-order valence-electron chi connectivity index (χ4n) is 1.42. The Hall–Kier alpha value is -2.32. The van der Waals surface area contributed by atoms with Crippen LogP contribution < -0.4 is 4.74 Å². The van der Waals surface area contributed by atoms with E-state index in [9.17, 15) is 0 Å². The van der Waals surface area contributed by atoms with Crippen LogP contribution in [0.1, 0.15) is 11.3 Å². The molecule has 0 spiro atoms. The number of aryl methyl sites for hydroxylation is 1. The Morgan fingerprint density at radius 3 is 3.06 bits per heavy atom. The number of benzene rings is 1. The second-order valence-electron chi connectivity index (χ2n) is 3.66. The van der Waals surface area contributed by atoms with Crippen LogP contribution in [-0.2, 0) is 13.7 Å². The Kier molecular flexibility index (Phi) is 3.94. The molecule has 2 aromatic rings. The van der Waals surface area contributed by atoms with Crippen LogP contribution in [0.25, 0.3) is 0 Å². The summed E-state index contributed by atoms with van der Waals surface area (Å²) in [5.74, 6) is 6.13. The van der Waals surface area contributed by atoms with E-state index in [1.165, 1.54) is 0 Å². The highest BCUT2D eigenvalue weighted by Crippen LogP contribution is 2.13. The summed E-state index contributed by atoms with van der Waals surface area (Å²) in [7, 11) is 1.81. The van der Waals surface area contributed by atoms with Crippen molar-refractivity contribution in [1.82, 2.24) is 15.0 Å². The van der Waals surface area contributed by atoms with Gasteiger partial charge in [-0.25, -0.2) is 0 Å². The van der Waals surface area contributed by atoms with Gasteiger partial charge >= 0.3 is 0 Å². The van der Waals surface area contributed by atoms with Crippen LogP contribution in [0.4, 0.5) is 0 Å².